The zero-order chi connectivity index (χ0) is 31.9. The lowest BCUT2D eigenvalue weighted by Crippen LogP contribution is -2.45. The number of carbonyl (C=O) groups is 4. The second-order valence-electron chi connectivity index (χ2n) is 12.0. The maximum atomic E-state index is 13.6. The molecular weight excluding hydrogens is 562 g/mol. The summed E-state index contributed by atoms with van der Waals surface area (Å²) in [4.78, 5) is 49.9. The molecule has 232 valence electrons. The summed E-state index contributed by atoms with van der Waals surface area (Å²) in [6, 6.07) is 16.2. The molecule has 0 atom stereocenters. The summed E-state index contributed by atoms with van der Waals surface area (Å²) in [5.74, 6) is -0.971. The molecule has 1 fully saturated rings. The quantitative estimate of drug-likeness (QED) is 0.307. The number of methoxy groups -OCH3 is 1. The third-order valence-electron chi connectivity index (χ3n) is 7.42. The van der Waals surface area contributed by atoms with Crippen LogP contribution in [0.5, 0.6) is 0 Å². The Bertz CT molecular complexity index is 1570. The van der Waals surface area contributed by atoms with Gasteiger partial charge >= 0.3 is 12.1 Å². The number of benzene rings is 2. The first kappa shape index (κ1) is 32.1. The fourth-order valence-electron chi connectivity index (χ4n) is 5.27. The molecule has 44 heavy (non-hydrogen) atoms. The molecule has 0 saturated heterocycles. The van der Waals surface area contributed by atoms with Crippen molar-refractivity contribution in [3.63, 3.8) is 0 Å². The van der Waals surface area contributed by atoms with Gasteiger partial charge in [0.1, 0.15) is 11.3 Å². The normalized spacial score (nSPS) is 16.4. The van der Waals surface area contributed by atoms with Gasteiger partial charge < -0.3 is 30.0 Å². The maximum Gasteiger partial charge on any atom is 0.407 e. The number of nitrogens with one attached hydrogen (secondary N) is 3. The molecule has 0 radical (unpaired) electrons. The molecule has 0 bridgehead atoms. The summed E-state index contributed by atoms with van der Waals surface area (Å²) in [7, 11) is 1.30. The van der Waals surface area contributed by atoms with Gasteiger partial charge in [0.2, 0.25) is 0 Å². The minimum Gasteiger partial charge on any atom is -0.469 e. The molecule has 1 aromatic heterocycles. The van der Waals surface area contributed by atoms with Crippen molar-refractivity contribution in [2.24, 2.45) is 0 Å². The van der Waals surface area contributed by atoms with Crippen molar-refractivity contribution in [3.05, 3.63) is 70.9 Å². The highest BCUT2D eigenvalue weighted by Gasteiger charge is 2.27. The average molecular weight is 602 g/mol. The predicted molar refractivity (Wildman–Crippen MR) is 164 cm³/mol. The fourth-order valence-corrected chi connectivity index (χ4v) is 5.27. The van der Waals surface area contributed by atoms with Crippen molar-refractivity contribution in [2.45, 2.75) is 77.1 Å². The third-order valence-corrected chi connectivity index (χ3v) is 7.42. The topological polar surface area (TPSA) is 152 Å². The number of aromatic nitrogens is 1. The van der Waals surface area contributed by atoms with Crippen molar-refractivity contribution >= 4 is 34.8 Å². The molecule has 4 rings (SSSR count). The van der Waals surface area contributed by atoms with Gasteiger partial charge in [0.15, 0.2) is 0 Å². The van der Waals surface area contributed by atoms with Crippen LogP contribution >= 0.6 is 0 Å². The molecule has 3 N–H and O–H groups in total. The van der Waals surface area contributed by atoms with E-state index in [1.54, 1.807) is 30.3 Å². The highest BCUT2D eigenvalue weighted by atomic mass is 16.6. The van der Waals surface area contributed by atoms with Gasteiger partial charge in [-0.3, -0.25) is 14.4 Å². The Kier molecular flexibility index (Phi) is 10.3. The van der Waals surface area contributed by atoms with Crippen LogP contribution in [0, 0.1) is 11.3 Å². The largest absolute Gasteiger partial charge is 0.469 e. The zero-order valence-electron chi connectivity index (χ0n) is 25.6. The van der Waals surface area contributed by atoms with Crippen LogP contribution in [0.25, 0.3) is 10.9 Å². The summed E-state index contributed by atoms with van der Waals surface area (Å²) in [5, 5.41) is 19.1. The molecule has 2 aromatic carbocycles. The average Bonchev–Trinajstić information content (AvgIpc) is 3.34. The highest BCUT2D eigenvalue weighted by molar-refractivity contribution is 5.99. The Morgan fingerprint density at radius 2 is 1.66 bits per heavy atom. The van der Waals surface area contributed by atoms with Crippen LogP contribution in [0.3, 0.4) is 0 Å². The number of hydrogen-bond donors (Lipinski definition) is 3. The van der Waals surface area contributed by atoms with Crippen LogP contribution in [-0.2, 0) is 20.8 Å². The van der Waals surface area contributed by atoms with Crippen molar-refractivity contribution < 1.29 is 28.7 Å². The van der Waals surface area contributed by atoms with E-state index in [-0.39, 0.29) is 43.4 Å². The van der Waals surface area contributed by atoms with Crippen LogP contribution in [0.15, 0.2) is 48.5 Å². The molecule has 0 unspecified atom stereocenters. The number of ether oxygens (including phenoxy) is 2. The predicted octanol–water partition coefficient (Wildman–Crippen LogP) is 4.42. The molecule has 0 spiro atoms. The fraction of sp³-hybridized carbons (Fsp3) is 0.424. The molecule has 1 heterocycles. The number of nitrogens with zero attached hydrogens (tertiary/aromatic N) is 2. The van der Waals surface area contributed by atoms with Gasteiger partial charge in [-0.25, -0.2) is 4.79 Å². The smallest absolute Gasteiger partial charge is 0.407 e. The molecule has 0 aliphatic heterocycles. The molecular formula is C33H39N5O6. The van der Waals surface area contributed by atoms with Crippen LogP contribution in [0.1, 0.15) is 84.8 Å². The number of carbonyl (C=O) groups excluding carboxylic acids is 4. The highest BCUT2D eigenvalue weighted by Crippen LogP contribution is 2.25. The van der Waals surface area contributed by atoms with Gasteiger partial charge in [-0.2, -0.15) is 5.26 Å². The number of hydrogen-bond acceptors (Lipinski definition) is 7. The number of esters is 1. The molecule has 11 nitrogen and oxygen atoms in total. The minimum atomic E-state index is -0.568. The lowest BCUT2D eigenvalue weighted by atomic mass is 9.91. The van der Waals surface area contributed by atoms with Gasteiger partial charge in [0, 0.05) is 36.1 Å². The van der Waals surface area contributed by atoms with Crippen molar-refractivity contribution in [1.29, 1.82) is 5.26 Å². The Hall–Kier alpha value is -4.85. The maximum absolute atomic E-state index is 13.6. The summed E-state index contributed by atoms with van der Waals surface area (Å²) >= 11 is 0. The molecule has 1 aliphatic rings. The van der Waals surface area contributed by atoms with Crippen molar-refractivity contribution in [3.8, 4) is 6.07 Å². The number of rotatable bonds is 9. The van der Waals surface area contributed by atoms with Crippen molar-refractivity contribution in [1.82, 2.24) is 20.5 Å². The Balaban J connectivity index is 1.48. The van der Waals surface area contributed by atoms with E-state index in [0.717, 1.165) is 16.5 Å². The lowest BCUT2D eigenvalue weighted by Gasteiger charge is -2.30. The molecule has 1 aliphatic carbocycles. The van der Waals surface area contributed by atoms with Gasteiger partial charge in [-0.1, -0.05) is 18.2 Å². The molecule has 1 saturated carbocycles. The molecule has 3 aromatic rings. The third kappa shape index (κ3) is 8.60. The first-order valence-corrected chi connectivity index (χ1v) is 14.7. The van der Waals surface area contributed by atoms with Crippen molar-refractivity contribution in [2.75, 3.05) is 13.7 Å². The van der Waals surface area contributed by atoms with E-state index in [0.29, 0.717) is 42.5 Å². The minimum absolute atomic E-state index is 0.0150. The summed E-state index contributed by atoms with van der Waals surface area (Å²) < 4.78 is 11.8. The molecule has 3 amide bonds. The van der Waals surface area contributed by atoms with E-state index in [1.165, 1.54) is 7.11 Å². The monoisotopic (exact) mass is 601 g/mol. The SMILES string of the molecule is COC(=O)CCNC(=O)c1cccc(Cn2c(C(=O)NC3CCC(NC(=O)OC(C)(C)C)CC3)cc3ccc(C#N)cc32)c1. The van der Waals surface area contributed by atoms with Gasteiger partial charge in [0.05, 0.1) is 30.7 Å². The number of alkyl carbamates (subject to hydrolysis) is 1. The Morgan fingerprint density at radius 3 is 2.32 bits per heavy atom. The summed E-state index contributed by atoms with van der Waals surface area (Å²) in [5.41, 5.74) is 2.28. The van der Waals surface area contributed by atoms with E-state index in [1.807, 2.05) is 43.5 Å². The van der Waals surface area contributed by atoms with E-state index >= 15 is 0 Å². The second kappa shape index (κ2) is 14.1. The summed E-state index contributed by atoms with van der Waals surface area (Å²) in [6.45, 7) is 5.91. The van der Waals surface area contributed by atoms with Gasteiger partial charge in [-0.05, 0) is 82.3 Å². The molecule has 11 heteroatoms. The number of nitriles is 1. The number of fused-ring (bicyclic) bond motifs is 1. The van der Waals surface area contributed by atoms with Crippen LogP contribution in [-0.4, -0.2) is 59.8 Å². The van der Waals surface area contributed by atoms with Gasteiger partial charge in [0.25, 0.3) is 11.8 Å². The van der Waals surface area contributed by atoms with Crippen LogP contribution in [0.2, 0.25) is 0 Å². The van der Waals surface area contributed by atoms with Crippen LogP contribution in [0.4, 0.5) is 4.79 Å². The Morgan fingerprint density at radius 1 is 0.955 bits per heavy atom. The first-order chi connectivity index (χ1) is 21.0. The van der Waals surface area contributed by atoms with E-state index in [2.05, 4.69) is 26.8 Å². The zero-order valence-corrected chi connectivity index (χ0v) is 25.6. The Labute approximate surface area is 256 Å². The summed E-state index contributed by atoms with van der Waals surface area (Å²) in [6.07, 6.45) is 2.48. The lowest BCUT2D eigenvalue weighted by molar-refractivity contribution is -0.140. The number of amides is 3. The standard InChI is InChI=1S/C33H39N5O6/c1-33(2,3)44-32(42)37-26-12-10-25(11-13-26)36-31(41)28-18-23-9-8-21(19-34)17-27(23)38(28)20-22-6-5-7-24(16-22)30(40)35-15-14-29(39)43-4/h5-9,16-18,25-26H,10-15,20H2,1-4H3,(H,35,40)(H,36,41)(H,37,42). The van der Waals surface area contributed by atoms with E-state index in [4.69, 9.17) is 4.74 Å². The first-order valence-electron chi connectivity index (χ1n) is 14.7. The van der Waals surface area contributed by atoms with E-state index < -0.39 is 17.7 Å². The van der Waals surface area contributed by atoms with E-state index in [9.17, 15) is 24.4 Å². The second-order valence-corrected chi connectivity index (χ2v) is 12.0. The van der Waals surface area contributed by atoms with Crippen LogP contribution < -0.4 is 16.0 Å². The van der Waals surface area contributed by atoms with Gasteiger partial charge in [-0.15, -0.1) is 0 Å².